The van der Waals surface area contributed by atoms with Gasteiger partial charge >= 0.3 is 0 Å². The van der Waals surface area contributed by atoms with Crippen molar-refractivity contribution in [3.05, 3.63) is 182 Å². The van der Waals surface area contributed by atoms with Crippen LogP contribution in [0.25, 0.3) is 110 Å². The lowest BCUT2D eigenvalue weighted by Crippen LogP contribution is -2.04. The Morgan fingerprint density at radius 3 is 1.69 bits per heavy atom. The van der Waals surface area contributed by atoms with Gasteiger partial charge in [-0.25, -0.2) is 9.97 Å². The van der Waals surface area contributed by atoms with E-state index < -0.39 is 0 Å². The van der Waals surface area contributed by atoms with Gasteiger partial charge in [-0.15, -0.1) is 0 Å². The molecule has 3 heterocycles. The average Bonchev–Trinajstić information content (AvgIpc) is 3.72. The van der Waals surface area contributed by atoms with Crippen LogP contribution >= 0.6 is 0 Å². The third-order valence-corrected chi connectivity index (χ3v) is 11.2. The lowest BCUT2D eigenvalue weighted by atomic mass is 9.95. The largest absolute Gasteiger partial charge is 0.309 e. The lowest BCUT2D eigenvalue weighted by molar-refractivity contribution is 1.08. The summed E-state index contributed by atoms with van der Waals surface area (Å²) in [5.74, 6) is 0.811. The van der Waals surface area contributed by atoms with Crippen molar-refractivity contribution in [1.29, 1.82) is 0 Å². The summed E-state index contributed by atoms with van der Waals surface area (Å²) in [6.07, 6.45) is 0. The first-order chi connectivity index (χ1) is 26.8. The molecule has 0 fully saturated rings. The van der Waals surface area contributed by atoms with E-state index in [1.807, 2.05) is 12.1 Å². The van der Waals surface area contributed by atoms with E-state index in [1.54, 1.807) is 0 Å². The van der Waals surface area contributed by atoms with Crippen molar-refractivity contribution < 1.29 is 0 Å². The first-order valence-corrected chi connectivity index (χ1v) is 18.4. The highest BCUT2D eigenvalue weighted by Crippen LogP contribution is 2.43. The highest BCUT2D eigenvalue weighted by Gasteiger charge is 2.24. The Bertz CT molecular complexity index is 3500. The van der Waals surface area contributed by atoms with Crippen molar-refractivity contribution in [2.45, 2.75) is 0 Å². The first kappa shape index (κ1) is 29.3. The number of para-hydroxylation sites is 4. The van der Waals surface area contributed by atoms with Gasteiger partial charge in [-0.3, -0.25) is 4.57 Å². The fourth-order valence-electron chi connectivity index (χ4n) is 8.82. The smallest absolute Gasteiger partial charge is 0.165 e. The highest BCUT2D eigenvalue weighted by molar-refractivity contribution is 6.21. The molecule has 9 aromatic carbocycles. The molecule has 0 bridgehead atoms. The normalized spacial score (nSPS) is 12.1. The summed E-state index contributed by atoms with van der Waals surface area (Å²) in [7, 11) is 0. The topological polar surface area (TPSA) is 35.6 Å². The number of aromatic nitrogens is 4. The van der Waals surface area contributed by atoms with Gasteiger partial charge in [-0.1, -0.05) is 121 Å². The van der Waals surface area contributed by atoms with Gasteiger partial charge < -0.3 is 4.57 Å². The Morgan fingerprint density at radius 2 is 0.870 bits per heavy atom. The monoisotopic (exact) mass is 686 g/mol. The summed E-state index contributed by atoms with van der Waals surface area (Å²) in [5.41, 5.74) is 9.29. The van der Waals surface area contributed by atoms with Crippen LogP contribution in [0.1, 0.15) is 0 Å². The second-order valence-corrected chi connectivity index (χ2v) is 14.2. The van der Waals surface area contributed by atoms with Crippen LogP contribution in [0, 0.1) is 0 Å². The van der Waals surface area contributed by atoms with Crippen LogP contribution in [-0.2, 0) is 0 Å². The van der Waals surface area contributed by atoms with Crippen LogP contribution in [-0.4, -0.2) is 19.1 Å². The molecule has 250 valence electrons. The molecular weight excluding hydrogens is 657 g/mol. The molecule has 4 heteroatoms. The van der Waals surface area contributed by atoms with Crippen LogP contribution in [0.5, 0.6) is 0 Å². The van der Waals surface area contributed by atoms with Crippen molar-refractivity contribution in [3.63, 3.8) is 0 Å². The van der Waals surface area contributed by atoms with Gasteiger partial charge in [0.05, 0.1) is 33.1 Å². The maximum atomic E-state index is 5.56. The van der Waals surface area contributed by atoms with Gasteiger partial charge in [0.25, 0.3) is 0 Å². The minimum absolute atomic E-state index is 0.811. The molecule has 0 aliphatic rings. The van der Waals surface area contributed by atoms with Gasteiger partial charge in [0.2, 0.25) is 0 Å². The number of hydrogen-bond acceptors (Lipinski definition) is 2. The van der Waals surface area contributed by atoms with E-state index in [-0.39, 0.29) is 0 Å². The third kappa shape index (κ3) is 4.13. The zero-order valence-electron chi connectivity index (χ0n) is 29.1. The number of fused-ring (bicyclic) bond motifs is 11. The second-order valence-electron chi connectivity index (χ2n) is 14.2. The molecule has 0 spiro atoms. The average molecular weight is 687 g/mol. The van der Waals surface area contributed by atoms with E-state index in [1.165, 1.54) is 54.0 Å². The van der Waals surface area contributed by atoms with E-state index in [0.29, 0.717) is 0 Å². The van der Waals surface area contributed by atoms with Gasteiger partial charge in [-0.05, 0) is 93.0 Å². The summed E-state index contributed by atoms with van der Waals surface area (Å²) in [5, 5.41) is 12.0. The molecule has 0 saturated carbocycles. The van der Waals surface area contributed by atoms with E-state index in [4.69, 9.17) is 9.97 Å². The molecule has 12 aromatic rings. The Kier molecular flexibility index (Phi) is 6.02. The van der Waals surface area contributed by atoms with E-state index in [0.717, 1.165) is 55.7 Å². The molecule has 3 aromatic heterocycles. The van der Waals surface area contributed by atoms with Crippen LogP contribution in [0.2, 0.25) is 0 Å². The zero-order chi connectivity index (χ0) is 35.3. The maximum absolute atomic E-state index is 5.56. The molecule has 0 amide bonds. The molecule has 0 aliphatic heterocycles. The second kappa shape index (κ2) is 11.1. The van der Waals surface area contributed by atoms with Crippen molar-refractivity contribution >= 4 is 87.0 Å². The Hall–Kier alpha value is -7.30. The van der Waals surface area contributed by atoms with Crippen molar-refractivity contribution in [3.8, 4) is 22.8 Å². The molecule has 0 unspecified atom stereocenters. The Morgan fingerprint density at radius 1 is 0.315 bits per heavy atom. The predicted octanol–water partition coefficient (Wildman–Crippen LogP) is 13.0. The number of hydrogen-bond donors (Lipinski definition) is 0. The molecule has 0 aliphatic carbocycles. The quantitative estimate of drug-likeness (QED) is 0.173. The van der Waals surface area contributed by atoms with Gasteiger partial charge in [0.1, 0.15) is 5.69 Å². The van der Waals surface area contributed by atoms with Crippen molar-refractivity contribution in [2.24, 2.45) is 0 Å². The molecule has 0 atom stereocenters. The third-order valence-electron chi connectivity index (χ3n) is 11.2. The zero-order valence-corrected chi connectivity index (χ0v) is 29.1. The summed E-state index contributed by atoms with van der Waals surface area (Å²) >= 11 is 0. The Labute approximate surface area is 309 Å². The first-order valence-electron chi connectivity index (χ1n) is 18.4. The van der Waals surface area contributed by atoms with Crippen LogP contribution in [0.15, 0.2) is 182 Å². The number of benzene rings is 9. The Balaban J connectivity index is 1.29. The van der Waals surface area contributed by atoms with Crippen molar-refractivity contribution in [1.82, 2.24) is 19.1 Å². The highest BCUT2D eigenvalue weighted by atomic mass is 15.1. The molecule has 0 radical (unpaired) electrons. The summed E-state index contributed by atoms with van der Waals surface area (Å²) in [4.78, 5) is 11.1. The summed E-state index contributed by atoms with van der Waals surface area (Å²) in [6, 6.07) is 65.4. The van der Waals surface area contributed by atoms with Crippen LogP contribution in [0.4, 0.5) is 0 Å². The predicted molar refractivity (Wildman–Crippen MR) is 226 cm³/mol. The SMILES string of the molecule is c1ccc(-n2c3ccccc3c3cc4c5cc6ccccc6cc5n(-c5nc6ccccc6nc5-c5cc6ccccc6c6ccccc56)c4cc32)cc1. The molecule has 4 nitrogen and oxygen atoms in total. The van der Waals surface area contributed by atoms with Gasteiger partial charge in [-0.2, -0.15) is 0 Å². The fraction of sp³-hybridized carbons (Fsp3) is 0. The molecular formula is C50H30N4. The minimum atomic E-state index is 0.811. The maximum Gasteiger partial charge on any atom is 0.165 e. The van der Waals surface area contributed by atoms with Crippen LogP contribution in [0.3, 0.4) is 0 Å². The van der Waals surface area contributed by atoms with Gasteiger partial charge in [0, 0.05) is 32.8 Å². The fourth-order valence-corrected chi connectivity index (χ4v) is 8.82. The standard InChI is InChI=1S/C50H30N4/c1-2-17-34(18-3-1)53-45-25-13-10-22-38(45)40-29-41-39-26-31-14-4-5-15-32(31)28-46(39)54(48(41)30-47(40)53)50-49(51-43-23-11-12-24-44(43)52-50)42-27-33-16-6-7-19-35(33)36-20-8-9-21-37(36)42/h1-30H. The van der Waals surface area contributed by atoms with Crippen LogP contribution < -0.4 is 0 Å². The van der Waals surface area contributed by atoms with Crippen molar-refractivity contribution in [2.75, 3.05) is 0 Å². The molecule has 0 N–H and O–H groups in total. The number of nitrogens with zero attached hydrogens (tertiary/aromatic N) is 4. The number of rotatable bonds is 3. The van der Waals surface area contributed by atoms with E-state index in [9.17, 15) is 0 Å². The lowest BCUT2D eigenvalue weighted by Gasteiger charge is -2.16. The molecule has 12 rings (SSSR count). The van der Waals surface area contributed by atoms with E-state index in [2.05, 4.69) is 179 Å². The molecule has 54 heavy (non-hydrogen) atoms. The molecule has 0 saturated heterocycles. The summed E-state index contributed by atoms with van der Waals surface area (Å²) in [6.45, 7) is 0. The van der Waals surface area contributed by atoms with Gasteiger partial charge in [0.15, 0.2) is 5.82 Å². The van der Waals surface area contributed by atoms with E-state index >= 15 is 0 Å². The minimum Gasteiger partial charge on any atom is -0.309 e. The summed E-state index contributed by atoms with van der Waals surface area (Å²) < 4.78 is 4.77.